The first-order valence-electron chi connectivity index (χ1n) is 14.8. The summed E-state index contributed by atoms with van der Waals surface area (Å²) in [4.78, 5) is 56.5. The zero-order chi connectivity index (χ0) is 30.4. The van der Waals surface area contributed by atoms with Crippen LogP contribution in [0.4, 0.5) is 15.3 Å². The van der Waals surface area contributed by atoms with Crippen LogP contribution in [0, 0.1) is 0 Å². The molecule has 4 amide bonds. The van der Waals surface area contributed by atoms with Crippen LogP contribution in [0.3, 0.4) is 0 Å². The number of carbonyl (C=O) groups is 4. The Morgan fingerprint density at radius 1 is 1.12 bits per heavy atom. The van der Waals surface area contributed by atoms with E-state index in [-0.39, 0.29) is 50.1 Å². The SMILES string of the molecule is CCC1(CC)C(=O)N(CCNC(=O)OCc2ccccc2)c2cc(C(=O)N(C(C)C)[C@@H]3CCCN(C(=O)O)C3)ccc21. The summed E-state index contributed by atoms with van der Waals surface area (Å²) in [5.74, 6) is -0.234. The Morgan fingerprint density at radius 3 is 2.48 bits per heavy atom. The molecule has 1 saturated heterocycles. The molecule has 1 atom stereocenters. The van der Waals surface area contributed by atoms with Crippen LogP contribution < -0.4 is 10.2 Å². The van der Waals surface area contributed by atoms with E-state index in [1.165, 1.54) is 4.90 Å². The lowest BCUT2D eigenvalue weighted by molar-refractivity contribution is -0.123. The second kappa shape index (κ2) is 13.3. The first-order valence-corrected chi connectivity index (χ1v) is 14.8. The van der Waals surface area contributed by atoms with E-state index in [4.69, 9.17) is 4.74 Å². The van der Waals surface area contributed by atoms with Crippen LogP contribution >= 0.6 is 0 Å². The molecule has 0 aliphatic carbocycles. The highest BCUT2D eigenvalue weighted by molar-refractivity contribution is 6.09. The van der Waals surface area contributed by atoms with Gasteiger partial charge in [0.1, 0.15) is 6.61 Å². The molecule has 2 aromatic rings. The molecule has 10 nitrogen and oxygen atoms in total. The van der Waals surface area contributed by atoms with Crippen molar-refractivity contribution in [2.45, 2.75) is 77.5 Å². The van der Waals surface area contributed by atoms with E-state index in [9.17, 15) is 24.3 Å². The summed E-state index contributed by atoms with van der Waals surface area (Å²) >= 11 is 0. The zero-order valence-corrected chi connectivity index (χ0v) is 25.0. The van der Waals surface area contributed by atoms with Crippen LogP contribution in [0.1, 0.15) is 74.9 Å². The number of likely N-dealkylation sites (tertiary alicyclic amines) is 1. The van der Waals surface area contributed by atoms with Gasteiger partial charge in [0, 0.05) is 43.5 Å². The van der Waals surface area contributed by atoms with Crippen molar-refractivity contribution in [3.63, 3.8) is 0 Å². The minimum atomic E-state index is -0.976. The second-order valence-electron chi connectivity index (χ2n) is 11.3. The van der Waals surface area contributed by atoms with Crippen molar-refractivity contribution in [1.29, 1.82) is 0 Å². The average molecular weight is 579 g/mol. The van der Waals surface area contributed by atoms with Crippen LogP contribution in [0.2, 0.25) is 0 Å². The molecular weight excluding hydrogens is 536 g/mol. The van der Waals surface area contributed by atoms with Crippen LogP contribution in [0.25, 0.3) is 0 Å². The van der Waals surface area contributed by atoms with Crippen molar-refractivity contribution in [2.75, 3.05) is 31.1 Å². The Kier molecular flexibility index (Phi) is 9.75. The second-order valence-corrected chi connectivity index (χ2v) is 11.3. The summed E-state index contributed by atoms with van der Waals surface area (Å²) in [5, 5.41) is 12.3. The number of carbonyl (C=O) groups excluding carboxylic acids is 3. The lowest BCUT2D eigenvalue weighted by Gasteiger charge is -2.40. The van der Waals surface area contributed by atoms with E-state index in [0.29, 0.717) is 37.1 Å². The number of hydrogen-bond acceptors (Lipinski definition) is 5. The van der Waals surface area contributed by atoms with Gasteiger partial charge in [-0.15, -0.1) is 0 Å². The molecule has 42 heavy (non-hydrogen) atoms. The predicted molar refractivity (Wildman–Crippen MR) is 160 cm³/mol. The van der Waals surface area contributed by atoms with E-state index in [1.807, 2.05) is 64.1 Å². The molecule has 0 aromatic heterocycles. The largest absolute Gasteiger partial charge is 0.465 e. The summed E-state index contributed by atoms with van der Waals surface area (Å²) in [6.45, 7) is 9.15. The van der Waals surface area contributed by atoms with Gasteiger partial charge in [-0.1, -0.05) is 50.2 Å². The molecule has 0 spiro atoms. The molecule has 2 heterocycles. The number of nitrogens with zero attached hydrogens (tertiary/aromatic N) is 3. The molecule has 1 fully saturated rings. The fourth-order valence-electron chi connectivity index (χ4n) is 6.30. The van der Waals surface area contributed by atoms with Crippen molar-refractivity contribution < 1.29 is 29.0 Å². The Balaban J connectivity index is 1.53. The lowest BCUT2D eigenvalue weighted by atomic mass is 9.77. The number of ether oxygens (including phenoxy) is 1. The number of hydrogen-bond donors (Lipinski definition) is 2. The van der Waals surface area contributed by atoms with Gasteiger partial charge in [-0.2, -0.15) is 0 Å². The highest BCUT2D eigenvalue weighted by Crippen LogP contribution is 2.46. The summed E-state index contributed by atoms with van der Waals surface area (Å²) in [6, 6.07) is 14.5. The minimum absolute atomic E-state index is 0.0448. The maximum Gasteiger partial charge on any atom is 0.407 e. The van der Waals surface area contributed by atoms with Gasteiger partial charge in [0.05, 0.1) is 11.5 Å². The highest BCUT2D eigenvalue weighted by Gasteiger charge is 2.48. The summed E-state index contributed by atoms with van der Waals surface area (Å²) < 4.78 is 5.31. The first-order chi connectivity index (χ1) is 20.1. The van der Waals surface area contributed by atoms with Crippen LogP contribution in [0.5, 0.6) is 0 Å². The number of carboxylic acid groups (broad SMARTS) is 1. The molecular formula is C32H42N4O6. The molecule has 0 radical (unpaired) electrons. The monoisotopic (exact) mass is 578 g/mol. The molecule has 0 unspecified atom stereocenters. The van der Waals surface area contributed by atoms with Crippen LogP contribution in [-0.4, -0.2) is 77.2 Å². The number of piperidine rings is 1. The van der Waals surface area contributed by atoms with Gasteiger partial charge in [0.25, 0.3) is 5.91 Å². The Morgan fingerprint density at radius 2 is 1.83 bits per heavy atom. The highest BCUT2D eigenvalue weighted by atomic mass is 16.5. The van der Waals surface area contributed by atoms with Crippen molar-refractivity contribution in [3.05, 3.63) is 65.2 Å². The quantitative estimate of drug-likeness (QED) is 0.409. The smallest absolute Gasteiger partial charge is 0.407 e. The number of benzene rings is 2. The molecule has 2 aliphatic heterocycles. The molecule has 226 valence electrons. The van der Waals surface area contributed by atoms with E-state index >= 15 is 0 Å². The van der Waals surface area contributed by atoms with Gasteiger partial charge in [-0.3, -0.25) is 9.59 Å². The third-order valence-corrected chi connectivity index (χ3v) is 8.58. The number of alkyl carbamates (subject to hydrolysis) is 1. The minimum Gasteiger partial charge on any atom is -0.465 e. The summed E-state index contributed by atoms with van der Waals surface area (Å²) in [6.07, 6.45) is 1.09. The fourth-order valence-corrected chi connectivity index (χ4v) is 6.30. The van der Waals surface area contributed by atoms with Gasteiger partial charge >= 0.3 is 12.2 Å². The fraction of sp³-hybridized carbons (Fsp3) is 0.500. The predicted octanol–water partition coefficient (Wildman–Crippen LogP) is 5.01. The number of nitrogens with one attached hydrogen (secondary N) is 1. The average Bonchev–Trinajstić information content (AvgIpc) is 3.23. The molecule has 4 rings (SSSR count). The maximum absolute atomic E-state index is 13.9. The van der Waals surface area contributed by atoms with Gasteiger partial charge < -0.3 is 29.9 Å². The van der Waals surface area contributed by atoms with E-state index < -0.39 is 17.6 Å². The molecule has 0 bridgehead atoms. The van der Waals surface area contributed by atoms with Gasteiger partial charge in [0.2, 0.25) is 5.91 Å². The topological polar surface area (TPSA) is 119 Å². The summed E-state index contributed by atoms with van der Waals surface area (Å²) in [7, 11) is 0. The number of fused-ring (bicyclic) bond motifs is 1. The number of amides is 4. The van der Waals surface area contributed by atoms with E-state index in [1.54, 1.807) is 21.9 Å². The lowest BCUT2D eigenvalue weighted by Crippen LogP contribution is -2.53. The van der Waals surface area contributed by atoms with Crippen molar-refractivity contribution in [2.24, 2.45) is 0 Å². The molecule has 10 heteroatoms. The van der Waals surface area contributed by atoms with Crippen molar-refractivity contribution in [3.8, 4) is 0 Å². The van der Waals surface area contributed by atoms with Crippen LogP contribution in [0.15, 0.2) is 48.5 Å². The molecule has 0 saturated carbocycles. The molecule has 2 aromatic carbocycles. The Hall–Kier alpha value is -4.08. The third-order valence-electron chi connectivity index (χ3n) is 8.58. The maximum atomic E-state index is 13.9. The first kappa shape index (κ1) is 30.9. The Bertz CT molecular complexity index is 1290. The van der Waals surface area contributed by atoms with Crippen molar-refractivity contribution >= 4 is 29.7 Å². The standard InChI is InChI=1S/C32H42N4O6/c1-5-32(6-2)26-15-14-24(28(37)36(22(3)4)25-13-10-17-34(20-25)31(40)41)19-27(26)35(29(32)38)18-16-33-30(39)42-21-23-11-8-7-9-12-23/h7-9,11-12,14-15,19,22,25H,5-6,10,13,16-18,20-21H2,1-4H3,(H,33,39)(H,40,41)/t25-/m1/s1. The van der Waals surface area contributed by atoms with Gasteiger partial charge in [0.15, 0.2) is 0 Å². The zero-order valence-electron chi connectivity index (χ0n) is 25.0. The number of anilines is 1. The Labute approximate surface area is 247 Å². The van der Waals surface area contributed by atoms with Gasteiger partial charge in [-0.25, -0.2) is 9.59 Å². The van der Waals surface area contributed by atoms with E-state index in [0.717, 1.165) is 17.5 Å². The van der Waals surface area contributed by atoms with Crippen molar-refractivity contribution in [1.82, 2.24) is 15.1 Å². The van der Waals surface area contributed by atoms with Crippen LogP contribution in [-0.2, 0) is 21.6 Å². The van der Waals surface area contributed by atoms with Gasteiger partial charge in [-0.05, 0) is 62.8 Å². The normalized spacial score (nSPS) is 17.6. The summed E-state index contributed by atoms with van der Waals surface area (Å²) in [5.41, 5.74) is 2.18. The molecule has 2 N–H and O–H groups in total. The molecule has 2 aliphatic rings. The third kappa shape index (κ3) is 6.22. The number of rotatable bonds is 10. The van der Waals surface area contributed by atoms with E-state index in [2.05, 4.69) is 5.32 Å².